The van der Waals surface area contributed by atoms with Gasteiger partial charge in [0, 0.05) is 18.9 Å². The Morgan fingerprint density at radius 3 is 2.89 bits per heavy atom. The number of amides is 1. The Morgan fingerprint density at radius 1 is 1.39 bits per heavy atom. The van der Waals surface area contributed by atoms with Gasteiger partial charge < -0.3 is 14.8 Å². The summed E-state index contributed by atoms with van der Waals surface area (Å²) in [6, 6.07) is 3.45. The molecule has 0 aliphatic heterocycles. The van der Waals surface area contributed by atoms with Crippen molar-refractivity contribution in [1.82, 2.24) is 10.3 Å². The van der Waals surface area contributed by atoms with E-state index < -0.39 is 0 Å². The van der Waals surface area contributed by atoms with Crippen molar-refractivity contribution in [2.75, 3.05) is 26.4 Å². The third-order valence-electron chi connectivity index (χ3n) is 2.13. The van der Waals surface area contributed by atoms with Crippen molar-refractivity contribution in [3.63, 3.8) is 0 Å². The van der Waals surface area contributed by atoms with Crippen molar-refractivity contribution >= 4 is 5.91 Å². The quantitative estimate of drug-likeness (QED) is 0.707. The number of carbonyl (C=O) groups is 1. The average molecular weight is 252 g/mol. The van der Waals surface area contributed by atoms with E-state index in [2.05, 4.69) is 10.3 Å². The molecule has 0 fully saturated rings. The molecule has 0 saturated carbocycles. The summed E-state index contributed by atoms with van der Waals surface area (Å²) in [6.07, 6.45) is 3.39. The zero-order valence-electron chi connectivity index (χ0n) is 10.9. The van der Waals surface area contributed by atoms with E-state index >= 15 is 0 Å². The number of nitrogens with zero attached hydrogens (tertiary/aromatic N) is 1. The fourth-order valence-corrected chi connectivity index (χ4v) is 1.28. The van der Waals surface area contributed by atoms with Gasteiger partial charge >= 0.3 is 0 Å². The maximum absolute atomic E-state index is 11.6. The van der Waals surface area contributed by atoms with Gasteiger partial charge in [-0.25, -0.2) is 0 Å². The minimum absolute atomic E-state index is 0.134. The average Bonchev–Trinajstić information content (AvgIpc) is 2.38. The molecular formula is C13H20N2O3. The number of hydrogen-bond acceptors (Lipinski definition) is 4. The van der Waals surface area contributed by atoms with Crippen molar-refractivity contribution in [2.24, 2.45) is 0 Å². The first-order valence-corrected chi connectivity index (χ1v) is 6.07. The Balaban J connectivity index is 2.03. The lowest BCUT2D eigenvalue weighted by Crippen LogP contribution is -2.27. The van der Waals surface area contributed by atoms with Gasteiger partial charge in [0.05, 0.1) is 31.5 Å². The van der Waals surface area contributed by atoms with Crippen LogP contribution in [-0.4, -0.2) is 43.4 Å². The lowest BCUT2D eigenvalue weighted by Gasteiger charge is -2.08. The van der Waals surface area contributed by atoms with E-state index in [1.165, 1.54) is 6.20 Å². The van der Waals surface area contributed by atoms with Crippen LogP contribution in [0.1, 0.15) is 24.2 Å². The van der Waals surface area contributed by atoms with E-state index in [9.17, 15) is 4.79 Å². The van der Waals surface area contributed by atoms with E-state index in [1.54, 1.807) is 18.3 Å². The zero-order chi connectivity index (χ0) is 13.2. The van der Waals surface area contributed by atoms with Crippen LogP contribution >= 0.6 is 0 Å². The van der Waals surface area contributed by atoms with Crippen LogP contribution in [0.3, 0.4) is 0 Å². The molecule has 1 heterocycles. The highest BCUT2D eigenvalue weighted by Gasteiger charge is 2.03. The van der Waals surface area contributed by atoms with Crippen LogP contribution < -0.4 is 5.32 Å². The Kier molecular flexibility index (Phi) is 6.98. The van der Waals surface area contributed by atoms with Crippen LogP contribution in [0.15, 0.2) is 24.5 Å². The molecule has 0 spiro atoms. The number of nitrogens with one attached hydrogen (secondary N) is 1. The first-order chi connectivity index (χ1) is 8.70. The maximum Gasteiger partial charge on any atom is 0.252 e. The Hall–Kier alpha value is -1.46. The van der Waals surface area contributed by atoms with Gasteiger partial charge in [-0.15, -0.1) is 0 Å². The van der Waals surface area contributed by atoms with Crippen molar-refractivity contribution < 1.29 is 14.3 Å². The second-order valence-corrected chi connectivity index (χ2v) is 4.03. The first kappa shape index (κ1) is 14.6. The molecular weight excluding hydrogens is 232 g/mol. The smallest absolute Gasteiger partial charge is 0.252 e. The summed E-state index contributed by atoms with van der Waals surface area (Å²) in [5.74, 6) is -0.134. The molecule has 1 rings (SSSR count). The van der Waals surface area contributed by atoms with Crippen LogP contribution in [-0.2, 0) is 9.47 Å². The Labute approximate surface area is 108 Å². The molecule has 100 valence electrons. The minimum Gasteiger partial charge on any atom is -0.377 e. The maximum atomic E-state index is 11.6. The molecule has 1 N–H and O–H groups in total. The highest BCUT2D eigenvalue weighted by atomic mass is 16.5. The van der Waals surface area contributed by atoms with Crippen LogP contribution in [0.2, 0.25) is 0 Å². The first-order valence-electron chi connectivity index (χ1n) is 6.07. The standard InChI is InChI=1S/C13H20N2O3/c1-11(2)18-9-8-17-7-6-15-13(16)12-4-3-5-14-10-12/h3-5,10-11H,6-9H2,1-2H3,(H,15,16). The van der Waals surface area contributed by atoms with Gasteiger partial charge in [-0.05, 0) is 26.0 Å². The van der Waals surface area contributed by atoms with Gasteiger partial charge in [-0.1, -0.05) is 0 Å². The molecule has 0 aromatic carbocycles. The minimum atomic E-state index is -0.134. The van der Waals surface area contributed by atoms with Gasteiger partial charge in [0.1, 0.15) is 0 Å². The van der Waals surface area contributed by atoms with Crippen molar-refractivity contribution in [3.05, 3.63) is 30.1 Å². The SMILES string of the molecule is CC(C)OCCOCCNC(=O)c1cccnc1. The fraction of sp³-hybridized carbons (Fsp3) is 0.538. The number of rotatable bonds is 8. The van der Waals surface area contributed by atoms with Crippen LogP contribution in [0.5, 0.6) is 0 Å². The van der Waals surface area contributed by atoms with Gasteiger partial charge in [0.25, 0.3) is 5.91 Å². The number of hydrogen-bond donors (Lipinski definition) is 1. The molecule has 0 atom stereocenters. The third kappa shape index (κ3) is 6.32. The van der Waals surface area contributed by atoms with Crippen molar-refractivity contribution in [2.45, 2.75) is 20.0 Å². The van der Waals surface area contributed by atoms with Gasteiger partial charge in [-0.2, -0.15) is 0 Å². The Morgan fingerprint density at radius 2 is 2.22 bits per heavy atom. The summed E-state index contributed by atoms with van der Waals surface area (Å²) in [7, 11) is 0. The van der Waals surface area contributed by atoms with Crippen LogP contribution in [0.25, 0.3) is 0 Å². The molecule has 0 unspecified atom stereocenters. The summed E-state index contributed by atoms with van der Waals surface area (Å²) in [5, 5.41) is 2.75. The number of carbonyl (C=O) groups excluding carboxylic acids is 1. The third-order valence-corrected chi connectivity index (χ3v) is 2.13. The summed E-state index contributed by atoms with van der Waals surface area (Å²) in [4.78, 5) is 15.5. The normalized spacial score (nSPS) is 10.6. The molecule has 0 saturated heterocycles. The molecule has 5 heteroatoms. The van der Waals surface area contributed by atoms with Gasteiger partial charge in [0.2, 0.25) is 0 Å². The van der Waals surface area contributed by atoms with E-state index in [4.69, 9.17) is 9.47 Å². The molecule has 1 aromatic heterocycles. The summed E-state index contributed by atoms with van der Waals surface area (Å²) in [5.41, 5.74) is 0.556. The Bertz CT molecular complexity index is 341. The lowest BCUT2D eigenvalue weighted by molar-refractivity contribution is 0.0204. The lowest BCUT2D eigenvalue weighted by atomic mass is 10.3. The predicted octanol–water partition coefficient (Wildman–Crippen LogP) is 1.25. The van der Waals surface area contributed by atoms with Crippen molar-refractivity contribution in [1.29, 1.82) is 0 Å². The number of aromatic nitrogens is 1. The summed E-state index contributed by atoms with van der Waals surface area (Å²) < 4.78 is 10.6. The monoisotopic (exact) mass is 252 g/mol. The number of ether oxygens (including phenoxy) is 2. The molecule has 0 aliphatic rings. The van der Waals surface area contributed by atoms with Gasteiger partial charge in [-0.3, -0.25) is 9.78 Å². The zero-order valence-corrected chi connectivity index (χ0v) is 10.9. The van der Waals surface area contributed by atoms with E-state index in [-0.39, 0.29) is 12.0 Å². The predicted molar refractivity (Wildman–Crippen MR) is 68.5 cm³/mol. The number of pyridine rings is 1. The molecule has 0 radical (unpaired) electrons. The van der Waals surface area contributed by atoms with Crippen molar-refractivity contribution in [3.8, 4) is 0 Å². The molecule has 0 bridgehead atoms. The molecule has 1 amide bonds. The van der Waals surface area contributed by atoms with E-state index in [0.29, 0.717) is 31.9 Å². The van der Waals surface area contributed by atoms with E-state index in [0.717, 1.165) is 0 Å². The highest BCUT2D eigenvalue weighted by Crippen LogP contribution is 1.94. The fourth-order valence-electron chi connectivity index (χ4n) is 1.28. The summed E-state index contributed by atoms with van der Waals surface area (Å²) >= 11 is 0. The second-order valence-electron chi connectivity index (χ2n) is 4.03. The highest BCUT2D eigenvalue weighted by molar-refractivity contribution is 5.93. The molecule has 18 heavy (non-hydrogen) atoms. The molecule has 5 nitrogen and oxygen atoms in total. The largest absolute Gasteiger partial charge is 0.377 e. The van der Waals surface area contributed by atoms with Crippen LogP contribution in [0, 0.1) is 0 Å². The van der Waals surface area contributed by atoms with E-state index in [1.807, 2.05) is 13.8 Å². The second kappa shape index (κ2) is 8.60. The topological polar surface area (TPSA) is 60.5 Å². The molecule has 0 aliphatic carbocycles. The molecule has 1 aromatic rings. The summed E-state index contributed by atoms with van der Waals surface area (Å²) in [6.45, 7) is 6.04. The van der Waals surface area contributed by atoms with Gasteiger partial charge in [0.15, 0.2) is 0 Å². The van der Waals surface area contributed by atoms with Crippen LogP contribution in [0.4, 0.5) is 0 Å².